The number of fused-ring (bicyclic) bond motifs is 1. The molecule has 4 aliphatic rings. The second-order valence-electron chi connectivity index (χ2n) is 8.67. The zero-order valence-corrected chi connectivity index (χ0v) is 14.3. The highest BCUT2D eigenvalue weighted by Crippen LogP contribution is 2.58. The van der Waals surface area contributed by atoms with Gasteiger partial charge in [-0.25, -0.2) is 0 Å². The molecule has 128 valence electrons. The average Bonchev–Trinajstić information content (AvgIpc) is 3.33. The Labute approximate surface area is 143 Å². The van der Waals surface area contributed by atoms with Gasteiger partial charge in [-0.1, -0.05) is 12.2 Å². The third-order valence-corrected chi connectivity index (χ3v) is 7.22. The number of rotatable bonds is 2. The zero-order chi connectivity index (χ0) is 16.5. The highest BCUT2D eigenvalue weighted by atomic mass is 16.3. The Morgan fingerprint density at radius 1 is 1.25 bits per heavy atom. The van der Waals surface area contributed by atoms with Gasteiger partial charge in [-0.15, -0.1) is 0 Å². The number of phenolic OH excluding ortho intramolecular Hbond substituents is 1. The molecule has 2 bridgehead atoms. The Morgan fingerprint density at radius 3 is 2.88 bits per heavy atom. The summed E-state index contributed by atoms with van der Waals surface area (Å²) in [4.78, 5) is 0. The van der Waals surface area contributed by atoms with E-state index < -0.39 is 5.60 Å². The summed E-state index contributed by atoms with van der Waals surface area (Å²) in [5, 5.41) is 25.7. The van der Waals surface area contributed by atoms with Gasteiger partial charge in [0.05, 0.1) is 5.60 Å². The number of phenols is 1. The fourth-order valence-electron chi connectivity index (χ4n) is 5.82. The first-order valence-corrected chi connectivity index (χ1v) is 9.49. The number of hydrogen-bond donors (Lipinski definition) is 3. The zero-order valence-electron chi connectivity index (χ0n) is 14.3. The van der Waals surface area contributed by atoms with E-state index in [9.17, 15) is 10.2 Å². The van der Waals surface area contributed by atoms with E-state index in [2.05, 4.69) is 11.9 Å². The van der Waals surface area contributed by atoms with E-state index >= 15 is 0 Å². The first kappa shape index (κ1) is 15.0. The van der Waals surface area contributed by atoms with Crippen molar-refractivity contribution in [2.45, 2.75) is 68.4 Å². The van der Waals surface area contributed by atoms with Crippen molar-refractivity contribution in [1.29, 1.82) is 0 Å². The second-order valence-corrected chi connectivity index (χ2v) is 8.67. The van der Waals surface area contributed by atoms with Gasteiger partial charge in [0.15, 0.2) is 0 Å². The van der Waals surface area contributed by atoms with E-state index in [0.29, 0.717) is 5.75 Å². The molecule has 0 spiro atoms. The normalized spacial score (nSPS) is 37.7. The molecule has 3 N–H and O–H groups in total. The van der Waals surface area contributed by atoms with Crippen molar-refractivity contribution in [3.63, 3.8) is 0 Å². The predicted molar refractivity (Wildman–Crippen MR) is 94.3 cm³/mol. The van der Waals surface area contributed by atoms with Crippen LogP contribution in [0.4, 0.5) is 0 Å². The third-order valence-electron chi connectivity index (χ3n) is 7.22. The van der Waals surface area contributed by atoms with Gasteiger partial charge in [0.25, 0.3) is 0 Å². The van der Waals surface area contributed by atoms with E-state index in [1.165, 1.54) is 35.1 Å². The predicted octanol–water partition coefficient (Wildman–Crippen LogP) is 2.97. The van der Waals surface area contributed by atoms with Gasteiger partial charge >= 0.3 is 0 Å². The molecule has 2 saturated carbocycles. The molecule has 0 amide bonds. The molecular formula is C21H27NO2. The molecule has 5 rings (SSSR count). The summed E-state index contributed by atoms with van der Waals surface area (Å²) in [6.07, 6.45) is 8.10. The quantitative estimate of drug-likeness (QED) is 0.733. The van der Waals surface area contributed by atoms with Gasteiger partial charge in [-0.3, -0.25) is 0 Å². The van der Waals surface area contributed by atoms with Crippen molar-refractivity contribution in [2.24, 2.45) is 5.92 Å². The smallest absolute Gasteiger partial charge is 0.116 e. The van der Waals surface area contributed by atoms with Crippen LogP contribution in [0.2, 0.25) is 0 Å². The van der Waals surface area contributed by atoms with Gasteiger partial charge < -0.3 is 15.5 Å². The molecule has 3 fully saturated rings. The lowest BCUT2D eigenvalue weighted by molar-refractivity contribution is -0.115. The van der Waals surface area contributed by atoms with Gasteiger partial charge in [0.2, 0.25) is 0 Å². The molecule has 0 aromatic heterocycles. The molecule has 1 aliphatic heterocycles. The lowest BCUT2D eigenvalue weighted by Crippen LogP contribution is -2.72. The molecule has 3 atom stereocenters. The van der Waals surface area contributed by atoms with E-state index in [0.717, 1.165) is 51.0 Å². The van der Waals surface area contributed by atoms with E-state index in [1.54, 1.807) is 0 Å². The molecule has 1 saturated heterocycles. The molecule has 0 unspecified atom stereocenters. The van der Waals surface area contributed by atoms with E-state index in [4.69, 9.17) is 0 Å². The summed E-state index contributed by atoms with van der Waals surface area (Å²) in [6, 6.07) is 4.07. The lowest BCUT2D eigenvalue weighted by atomic mass is 9.49. The van der Waals surface area contributed by atoms with Crippen LogP contribution in [0.25, 0.3) is 0 Å². The van der Waals surface area contributed by atoms with Gasteiger partial charge in [-0.05, 0) is 92.7 Å². The fraction of sp³-hybridized carbons (Fsp3) is 0.619. The maximum Gasteiger partial charge on any atom is 0.116 e. The molecule has 3 aliphatic carbocycles. The van der Waals surface area contributed by atoms with E-state index in [-0.39, 0.29) is 11.5 Å². The monoisotopic (exact) mass is 325 g/mol. The van der Waals surface area contributed by atoms with Crippen LogP contribution < -0.4 is 5.32 Å². The Balaban J connectivity index is 1.72. The van der Waals surface area contributed by atoms with Gasteiger partial charge in [0, 0.05) is 11.5 Å². The number of benzene rings is 1. The molecule has 3 nitrogen and oxygen atoms in total. The Bertz CT molecular complexity index is 723. The minimum absolute atomic E-state index is 0.134. The fourth-order valence-corrected chi connectivity index (χ4v) is 5.82. The maximum absolute atomic E-state index is 11.7. The van der Waals surface area contributed by atoms with Crippen molar-refractivity contribution in [3.8, 4) is 5.75 Å². The van der Waals surface area contributed by atoms with Crippen LogP contribution >= 0.6 is 0 Å². The molecular weight excluding hydrogens is 298 g/mol. The van der Waals surface area contributed by atoms with Gasteiger partial charge in [0.1, 0.15) is 5.75 Å². The Hall–Kier alpha value is -1.32. The Kier molecular flexibility index (Phi) is 3.03. The van der Waals surface area contributed by atoms with Crippen molar-refractivity contribution in [3.05, 3.63) is 41.0 Å². The minimum Gasteiger partial charge on any atom is -0.508 e. The first-order chi connectivity index (χ1) is 11.5. The Morgan fingerprint density at radius 2 is 2.08 bits per heavy atom. The summed E-state index contributed by atoms with van der Waals surface area (Å²) in [7, 11) is 0. The van der Waals surface area contributed by atoms with Crippen LogP contribution in [0.1, 0.15) is 55.2 Å². The maximum atomic E-state index is 11.7. The van der Waals surface area contributed by atoms with Crippen LogP contribution in [-0.4, -0.2) is 28.4 Å². The molecule has 24 heavy (non-hydrogen) atoms. The van der Waals surface area contributed by atoms with Crippen molar-refractivity contribution >= 4 is 0 Å². The van der Waals surface area contributed by atoms with Crippen molar-refractivity contribution < 1.29 is 10.2 Å². The molecule has 0 radical (unpaired) electrons. The largest absolute Gasteiger partial charge is 0.508 e. The highest BCUT2D eigenvalue weighted by Gasteiger charge is 2.62. The number of aromatic hydroxyl groups is 1. The lowest BCUT2D eigenvalue weighted by Gasteiger charge is -2.61. The van der Waals surface area contributed by atoms with Crippen molar-refractivity contribution in [2.75, 3.05) is 6.54 Å². The number of allylic oxidation sites excluding steroid dienone is 1. The SMILES string of the molecule is C=C1CC[C@@]2(O)[C@H]3Cc4c(CC5CC5)cc(O)cc4[C@@]2(CCN3)C1. The highest BCUT2D eigenvalue weighted by molar-refractivity contribution is 5.53. The number of nitrogens with one attached hydrogen (secondary N) is 1. The molecule has 1 aromatic rings. The van der Waals surface area contributed by atoms with Crippen LogP contribution in [0, 0.1) is 5.92 Å². The summed E-state index contributed by atoms with van der Waals surface area (Å²) >= 11 is 0. The number of piperidine rings is 1. The third kappa shape index (κ3) is 1.91. The van der Waals surface area contributed by atoms with Crippen LogP contribution in [-0.2, 0) is 18.3 Å². The summed E-state index contributed by atoms with van der Waals surface area (Å²) in [5.41, 5.74) is 4.22. The number of aliphatic hydroxyl groups is 1. The van der Waals surface area contributed by atoms with Crippen LogP contribution in [0.15, 0.2) is 24.3 Å². The molecule has 3 heteroatoms. The van der Waals surface area contributed by atoms with Crippen molar-refractivity contribution in [1.82, 2.24) is 5.32 Å². The summed E-state index contributed by atoms with van der Waals surface area (Å²) < 4.78 is 0. The minimum atomic E-state index is -0.704. The second kappa shape index (κ2) is 4.86. The average molecular weight is 325 g/mol. The summed E-state index contributed by atoms with van der Waals surface area (Å²) in [5.74, 6) is 1.16. The molecule has 1 aromatic carbocycles. The van der Waals surface area contributed by atoms with Crippen LogP contribution in [0.5, 0.6) is 5.75 Å². The first-order valence-electron chi connectivity index (χ1n) is 9.49. The summed E-state index contributed by atoms with van der Waals surface area (Å²) in [6.45, 7) is 5.20. The number of hydrogen-bond acceptors (Lipinski definition) is 3. The topological polar surface area (TPSA) is 52.5 Å². The standard InChI is InChI=1S/C21H27NO2/c1-13-4-5-21(24)19-11-17-15(8-14-2-3-14)9-16(23)10-18(17)20(21,12-13)6-7-22-19/h9-10,14,19,22-24H,1-8,11-12H2/t19-,20-,21-/m1/s1. The molecule has 1 heterocycles. The van der Waals surface area contributed by atoms with Gasteiger partial charge in [-0.2, -0.15) is 0 Å². The van der Waals surface area contributed by atoms with E-state index in [1.807, 2.05) is 12.1 Å². The van der Waals surface area contributed by atoms with Crippen LogP contribution in [0.3, 0.4) is 0 Å².